The number of carbonyl (C=O) groups is 4. The highest BCUT2D eigenvalue weighted by Gasteiger charge is 2.36. The molecule has 126 valence electrons. The van der Waals surface area contributed by atoms with Gasteiger partial charge in [0, 0.05) is 25.9 Å². The average molecular weight is 329 g/mol. The van der Waals surface area contributed by atoms with E-state index >= 15 is 0 Å². The first-order chi connectivity index (χ1) is 11.5. The Morgan fingerprint density at radius 1 is 1.21 bits per heavy atom. The van der Waals surface area contributed by atoms with Crippen LogP contribution in [0.25, 0.3) is 0 Å². The molecule has 2 N–H and O–H groups in total. The molecule has 1 aromatic carbocycles. The summed E-state index contributed by atoms with van der Waals surface area (Å²) in [5.41, 5.74) is 1.01. The lowest BCUT2D eigenvalue weighted by atomic mass is 10.0. The number of imide groups is 1. The maximum absolute atomic E-state index is 12.3. The number of nitrogens with zero attached hydrogens (tertiary/aromatic N) is 1. The van der Waals surface area contributed by atoms with Crippen LogP contribution in [-0.2, 0) is 25.7 Å². The number of rotatable bonds is 4. The van der Waals surface area contributed by atoms with Crippen molar-refractivity contribution >= 4 is 23.6 Å². The quantitative estimate of drug-likeness (QED) is 0.758. The highest BCUT2D eigenvalue weighted by molar-refractivity contribution is 6.02. The van der Waals surface area contributed by atoms with E-state index in [0.717, 1.165) is 5.56 Å². The number of hydrogen-bond donors (Lipinski definition) is 2. The molecule has 0 spiro atoms. The van der Waals surface area contributed by atoms with E-state index in [1.807, 2.05) is 30.3 Å². The van der Waals surface area contributed by atoms with Gasteiger partial charge in [0.2, 0.25) is 23.6 Å². The maximum atomic E-state index is 12.3. The Balaban J connectivity index is 1.56. The molecule has 0 saturated carbocycles. The number of benzene rings is 1. The predicted molar refractivity (Wildman–Crippen MR) is 84.3 cm³/mol. The van der Waals surface area contributed by atoms with Crippen molar-refractivity contribution in [1.29, 1.82) is 0 Å². The Morgan fingerprint density at radius 2 is 1.96 bits per heavy atom. The molecule has 0 radical (unpaired) electrons. The lowest BCUT2D eigenvalue weighted by molar-refractivity contribution is -0.138. The highest BCUT2D eigenvalue weighted by atomic mass is 16.2. The van der Waals surface area contributed by atoms with Crippen molar-refractivity contribution in [3.8, 4) is 0 Å². The molecule has 7 nitrogen and oxygen atoms in total. The first-order valence-corrected chi connectivity index (χ1v) is 7.98. The summed E-state index contributed by atoms with van der Waals surface area (Å²) >= 11 is 0. The number of likely N-dealkylation sites (tertiary alicyclic amines) is 1. The topological polar surface area (TPSA) is 95.6 Å². The summed E-state index contributed by atoms with van der Waals surface area (Å²) in [4.78, 5) is 48.9. The third-order valence-electron chi connectivity index (χ3n) is 4.36. The lowest BCUT2D eigenvalue weighted by Crippen LogP contribution is -2.53. The van der Waals surface area contributed by atoms with Crippen LogP contribution in [0.4, 0.5) is 0 Å². The first-order valence-electron chi connectivity index (χ1n) is 7.98. The first kappa shape index (κ1) is 16.2. The molecule has 0 aromatic heterocycles. The van der Waals surface area contributed by atoms with Gasteiger partial charge in [-0.1, -0.05) is 30.3 Å². The second-order valence-electron chi connectivity index (χ2n) is 6.17. The zero-order valence-electron chi connectivity index (χ0n) is 13.2. The fourth-order valence-corrected chi connectivity index (χ4v) is 3.03. The van der Waals surface area contributed by atoms with Gasteiger partial charge in [-0.3, -0.25) is 24.5 Å². The molecule has 0 aliphatic carbocycles. The van der Waals surface area contributed by atoms with Crippen LogP contribution in [0, 0.1) is 5.92 Å². The van der Waals surface area contributed by atoms with Crippen LogP contribution >= 0.6 is 0 Å². The molecule has 2 saturated heterocycles. The predicted octanol–water partition coefficient (Wildman–Crippen LogP) is -0.0435. The van der Waals surface area contributed by atoms with Crippen LogP contribution in [0.1, 0.15) is 24.8 Å². The molecular formula is C17H19N3O4. The lowest BCUT2D eigenvalue weighted by Gasteiger charge is -2.23. The number of amides is 4. The zero-order chi connectivity index (χ0) is 17.1. The van der Waals surface area contributed by atoms with E-state index in [-0.39, 0.29) is 30.6 Å². The van der Waals surface area contributed by atoms with Gasteiger partial charge in [-0.15, -0.1) is 0 Å². The van der Waals surface area contributed by atoms with Crippen LogP contribution in [0.2, 0.25) is 0 Å². The molecule has 24 heavy (non-hydrogen) atoms. The van der Waals surface area contributed by atoms with Gasteiger partial charge in [0.1, 0.15) is 6.04 Å². The summed E-state index contributed by atoms with van der Waals surface area (Å²) in [5.74, 6) is -1.65. The van der Waals surface area contributed by atoms with Crippen molar-refractivity contribution < 1.29 is 19.2 Å². The second-order valence-corrected chi connectivity index (χ2v) is 6.17. The summed E-state index contributed by atoms with van der Waals surface area (Å²) in [7, 11) is 0. The second kappa shape index (κ2) is 6.82. The minimum absolute atomic E-state index is 0.0673. The van der Waals surface area contributed by atoms with Crippen LogP contribution < -0.4 is 10.6 Å². The minimum atomic E-state index is -0.700. The van der Waals surface area contributed by atoms with E-state index in [4.69, 9.17) is 0 Å². The van der Waals surface area contributed by atoms with Gasteiger partial charge in [-0.2, -0.15) is 0 Å². The van der Waals surface area contributed by atoms with Gasteiger partial charge in [-0.05, 0) is 12.0 Å². The van der Waals surface area contributed by atoms with Gasteiger partial charge in [0.15, 0.2) is 0 Å². The molecule has 2 fully saturated rings. The van der Waals surface area contributed by atoms with Gasteiger partial charge in [0.05, 0.1) is 5.92 Å². The van der Waals surface area contributed by atoms with E-state index in [0.29, 0.717) is 19.5 Å². The average Bonchev–Trinajstić information content (AvgIpc) is 2.92. The van der Waals surface area contributed by atoms with Crippen molar-refractivity contribution in [2.24, 2.45) is 5.92 Å². The molecule has 2 aliphatic rings. The van der Waals surface area contributed by atoms with E-state index in [2.05, 4.69) is 10.6 Å². The highest BCUT2D eigenvalue weighted by Crippen LogP contribution is 2.21. The minimum Gasteiger partial charge on any atom is -0.344 e. The Labute approximate surface area is 139 Å². The largest absolute Gasteiger partial charge is 0.344 e. The zero-order valence-corrected chi connectivity index (χ0v) is 13.2. The number of hydrogen-bond acceptors (Lipinski definition) is 4. The molecule has 1 aromatic rings. The van der Waals surface area contributed by atoms with Crippen molar-refractivity contribution in [3.05, 3.63) is 35.9 Å². The normalized spacial score (nSPS) is 24.0. The molecule has 2 unspecified atom stereocenters. The monoisotopic (exact) mass is 329 g/mol. The van der Waals surface area contributed by atoms with E-state index < -0.39 is 17.9 Å². The summed E-state index contributed by atoms with van der Waals surface area (Å²) in [6.07, 6.45) is 0.650. The molecule has 7 heteroatoms. The van der Waals surface area contributed by atoms with Crippen LogP contribution in [-0.4, -0.2) is 41.1 Å². The van der Waals surface area contributed by atoms with E-state index in [1.54, 1.807) is 4.90 Å². The fourth-order valence-electron chi connectivity index (χ4n) is 3.03. The standard InChI is InChI=1S/C17H19N3O4/c21-14-7-6-13(17(24)19-14)18-16(23)12-8-15(22)20(10-12)9-11-4-2-1-3-5-11/h1-5,12-13H,6-10H2,(H,18,23)(H,19,21,24). The Morgan fingerprint density at radius 3 is 2.67 bits per heavy atom. The summed E-state index contributed by atoms with van der Waals surface area (Å²) in [6.45, 7) is 0.814. The van der Waals surface area contributed by atoms with Gasteiger partial charge in [-0.25, -0.2) is 0 Å². The molecule has 2 heterocycles. The van der Waals surface area contributed by atoms with Crippen molar-refractivity contribution in [2.45, 2.75) is 31.8 Å². The molecule has 2 aliphatic heterocycles. The Bertz CT molecular complexity index is 674. The SMILES string of the molecule is O=C1CCC(NC(=O)C2CC(=O)N(Cc3ccccc3)C2)C(=O)N1. The summed E-state index contributed by atoms with van der Waals surface area (Å²) in [5, 5.41) is 4.86. The van der Waals surface area contributed by atoms with E-state index in [9.17, 15) is 19.2 Å². The summed E-state index contributed by atoms with van der Waals surface area (Å²) in [6, 6.07) is 8.89. The van der Waals surface area contributed by atoms with Gasteiger partial charge in [0.25, 0.3) is 0 Å². The van der Waals surface area contributed by atoms with Crippen molar-refractivity contribution in [1.82, 2.24) is 15.5 Å². The Kier molecular flexibility index (Phi) is 4.59. The number of carbonyl (C=O) groups excluding carboxylic acids is 4. The molecule has 3 rings (SSSR count). The fraction of sp³-hybridized carbons (Fsp3) is 0.412. The molecule has 0 bridgehead atoms. The molecule has 2 atom stereocenters. The van der Waals surface area contributed by atoms with Crippen LogP contribution in [0.15, 0.2) is 30.3 Å². The number of piperidine rings is 1. The third kappa shape index (κ3) is 3.61. The van der Waals surface area contributed by atoms with Crippen molar-refractivity contribution in [2.75, 3.05) is 6.54 Å². The third-order valence-corrected chi connectivity index (χ3v) is 4.36. The van der Waals surface area contributed by atoms with Crippen LogP contribution in [0.3, 0.4) is 0 Å². The van der Waals surface area contributed by atoms with Crippen molar-refractivity contribution in [3.63, 3.8) is 0 Å². The summed E-state index contributed by atoms with van der Waals surface area (Å²) < 4.78 is 0. The smallest absolute Gasteiger partial charge is 0.249 e. The Hall–Kier alpha value is -2.70. The maximum Gasteiger partial charge on any atom is 0.249 e. The van der Waals surface area contributed by atoms with Gasteiger partial charge >= 0.3 is 0 Å². The molecule has 4 amide bonds. The van der Waals surface area contributed by atoms with Crippen LogP contribution in [0.5, 0.6) is 0 Å². The van der Waals surface area contributed by atoms with Gasteiger partial charge < -0.3 is 10.2 Å². The molecular weight excluding hydrogens is 310 g/mol. The van der Waals surface area contributed by atoms with E-state index in [1.165, 1.54) is 0 Å². The number of nitrogens with one attached hydrogen (secondary N) is 2.